The van der Waals surface area contributed by atoms with Crippen LogP contribution < -0.4 is 10.1 Å². The lowest BCUT2D eigenvalue weighted by Crippen LogP contribution is -2.27. The van der Waals surface area contributed by atoms with Crippen molar-refractivity contribution in [3.63, 3.8) is 0 Å². The number of rotatable bonds is 5. The molecule has 2 rings (SSSR count). The third-order valence-electron chi connectivity index (χ3n) is 3.98. The number of anilines is 1. The maximum atomic E-state index is 13.3. The maximum absolute atomic E-state index is 13.3. The van der Waals surface area contributed by atoms with Crippen molar-refractivity contribution in [2.45, 2.75) is 52.0 Å². The first-order valence-electron chi connectivity index (χ1n) is 7.39. The number of benzene rings is 1. The van der Waals surface area contributed by atoms with Crippen molar-refractivity contribution in [2.24, 2.45) is 5.92 Å². The Labute approximate surface area is 115 Å². The standard InChI is InChI=1S/C16H24FNO/c1-3-19-16-11-14(17)9-10-15(16)18-12(2)13-7-5-4-6-8-13/h9-13,18H,3-8H2,1-2H3. The van der Waals surface area contributed by atoms with Crippen LogP contribution in [0.3, 0.4) is 0 Å². The molecule has 1 aliphatic carbocycles. The molecule has 0 spiro atoms. The van der Waals surface area contributed by atoms with Gasteiger partial charge in [-0.15, -0.1) is 0 Å². The van der Waals surface area contributed by atoms with Gasteiger partial charge in [-0.25, -0.2) is 4.39 Å². The number of ether oxygens (including phenoxy) is 1. The van der Waals surface area contributed by atoms with E-state index in [0.717, 1.165) is 5.69 Å². The van der Waals surface area contributed by atoms with Crippen LogP contribution in [0.1, 0.15) is 46.0 Å². The summed E-state index contributed by atoms with van der Waals surface area (Å²) in [6.07, 6.45) is 6.61. The molecule has 1 fully saturated rings. The Bertz CT molecular complexity index is 402. The Morgan fingerprint density at radius 1 is 1.32 bits per heavy atom. The fourth-order valence-electron chi connectivity index (χ4n) is 2.89. The molecule has 3 heteroatoms. The number of hydrogen-bond acceptors (Lipinski definition) is 2. The van der Waals surface area contributed by atoms with Gasteiger partial charge in [-0.2, -0.15) is 0 Å². The molecule has 0 aromatic heterocycles. The van der Waals surface area contributed by atoms with Crippen molar-refractivity contribution in [1.82, 2.24) is 0 Å². The maximum Gasteiger partial charge on any atom is 0.145 e. The van der Waals surface area contributed by atoms with Crippen LogP contribution in [0.15, 0.2) is 18.2 Å². The summed E-state index contributed by atoms with van der Waals surface area (Å²) in [4.78, 5) is 0. The summed E-state index contributed by atoms with van der Waals surface area (Å²) in [5.74, 6) is 1.08. The Morgan fingerprint density at radius 2 is 2.05 bits per heavy atom. The van der Waals surface area contributed by atoms with Crippen molar-refractivity contribution in [3.05, 3.63) is 24.0 Å². The highest BCUT2D eigenvalue weighted by Crippen LogP contribution is 2.31. The van der Waals surface area contributed by atoms with Crippen LogP contribution in [-0.2, 0) is 0 Å². The van der Waals surface area contributed by atoms with Gasteiger partial charge in [0.05, 0.1) is 12.3 Å². The van der Waals surface area contributed by atoms with Gasteiger partial charge in [0, 0.05) is 12.1 Å². The van der Waals surface area contributed by atoms with Crippen LogP contribution in [0.4, 0.5) is 10.1 Å². The second-order valence-electron chi connectivity index (χ2n) is 5.40. The first kappa shape index (κ1) is 14.2. The summed E-state index contributed by atoms with van der Waals surface area (Å²) < 4.78 is 18.8. The van der Waals surface area contributed by atoms with Gasteiger partial charge in [0.1, 0.15) is 11.6 Å². The van der Waals surface area contributed by atoms with Crippen LogP contribution in [0.2, 0.25) is 0 Å². The summed E-state index contributed by atoms with van der Waals surface area (Å²) in [7, 11) is 0. The minimum atomic E-state index is -0.251. The van der Waals surface area contributed by atoms with E-state index < -0.39 is 0 Å². The van der Waals surface area contributed by atoms with Crippen molar-refractivity contribution in [3.8, 4) is 5.75 Å². The Kier molecular flexibility index (Phi) is 5.06. The largest absolute Gasteiger partial charge is 0.492 e. The molecule has 0 heterocycles. The normalized spacial score (nSPS) is 18.1. The smallest absolute Gasteiger partial charge is 0.145 e. The van der Waals surface area contributed by atoms with Gasteiger partial charge in [0.25, 0.3) is 0 Å². The fourth-order valence-corrected chi connectivity index (χ4v) is 2.89. The van der Waals surface area contributed by atoms with Gasteiger partial charge in [0.15, 0.2) is 0 Å². The average Bonchev–Trinajstić information content (AvgIpc) is 2.43. The third-order valence-corrected chi connectivity index (χ3v) is 3.98. The van der Waals surface area contributed by atoms with Crippen molar-refractivity contribution < 1.29 is 9.13 Å². The highest BCUT2D eigenvalue weighted by Gasteiger charge is 2.20. The zero-order chi connectivity index (χ0) is 13.7. The number of halogens is 1. The predicted molar refractivity (Wildman–Crippen MR) is 77.2 cm³/mol. The second-order valence-corrected chi connectivity index (χ2v) is 5.40. The molecule has 106 valence electrons. The van der Waals surface area contributed by atoms with Gasteiger partial charge >= 0.3 is 0 Å². The Balaban J connectivity index is 2.04. The van der Waals surface area contributed by atoms with E-state index in [9.17, 15) is 4.39 Å². The molecule has 1 saturated carbocycles. The summed E-state index contributed by atoms with van der Waals surface area (Å²) in [5.41, 5.74) is 0.904. The molecule has 1 atom stereocenters. The van der Waals surface area contributed by atoms with E-state index in [1.807, 2.05) is 6.92 Å². The first-order valence-corrected chi connectivity index (χ1v) is 7.39. The molecule has 1 aromatic rings. The van der Waals surface area contributed by atoms with Gasteiger partial charge in [-0.1, -0.05) is 19.3 Å². The fraction of sp³-hybridized carbons (Fsp3) is 0.625. The average molecular weight is 265 g/mol. The van der Waals surface area contributed by atoms with Crippen LogP contribution in [0, 0.1) is 11.7 Å². The lowest BCUT2D eigenvalue weighted by atomic mass is 9.84. The molecule has 19 heavy (non-hydrogen) atoms. The summed E-state index contributed by atoms with van der Waals surface area (Å²) >= 11 is 0. The summed E-state index contributed by atoms with van der Waals surface area (Å²) in [6, 6.07) is 5.13. The zero-order valence-electron chi connectivity index (χ0n) is 11.9. The topological polar surface area (TPSA) is 21.3 Å². The number of nitrogens with one attached hydrogen (secondary N) is 1. The van der Waals surface area contributed by atoms with E-state index in [2.05, 4.69) is 12.2 Å². The molecule has 1 aromatic carbocycles. The van der Waals surface area contributed by atoms with E-state index in [4.69, 9.17) is 4.74 Å². The molecule has 1 aliphatic rings. The Morgan fingerprint density at radius 3 is 2.74 bits per heavy atom. The minimum absolute atomic E-state index is 0.251. The SMILES string of the molecule is CCOc1cc(F)ccc1NC(C)C1CCCCC1. The van der Waals surface area contributed by atoms with Gasteiger partial charge in [-0.3, -0.25) is 0 Å². The van der Waals surface area contributed by atoms with E-state index in [0.29, 0.717) is 24.3 Å². The molecular formula is C16H24FNO. The second kappa shape index (κ2) is 6.78. The number of hydrogen-bond donors (Lipinski definition) is 1. The van der Waals surface area contributed by atoms with E-state index in [1.165, 1.54) is 44.2 Å². The van der Waals surface area contributed by atoms with Gasteiger partial charge < -0.3 is 10.1 Å². The lowest BCUT2D eigenvalue weighted by molar-refractivity contribution is 0.323. The first-order chi connectivity index (χ1) is 9.20. The van der Waals surface area contributed by atoms with Crippen molar-refractivity contribution >= 4 is 5.69 Å². The summed E-state index contributed by atoms with van der Waals surface area (Å²) in [5, 5.41) is 3.50. The van der Waals surface area contributed by atoms with E-state index in [-0.39, 0.29) is 5.82 Å². The van der Waals surface area contributed by atoms with Crippen molar-refractivity contribution in [1.29, 1.82) is 0 Å². The monoisotopic (exact) mass is 265 g/mol. The molecule has 0 amide bonds. The van der Waals surface area contributed by atoms with Crippen LogP contribution in [-0.4, -0.2) is 12.6 Å². The molecule has 2 nitrogen and oxygen atoms in total. The summed E-state index contributed by atoms with van der Waals surface area (Å²) in [6.45, 7) is 4.68. The lowest BCUT2D eigenvalue weighted by Gasteiger charge is -2.29. The molecule has 0 saturated heterocycles. The van der Waals surface area contributed by atoms with E-state index in [1.54, 1.807) is 6.07 Å². The molecule has 0 bridgehead atoms. The van der Waals surface area contributed by atoms with Crippen LogP contribution >= 0.6 is 0 Å². The predicted octanol–water partition coefficient (Wildman–Crippen LogP) is 4.61. The minimum Gasteiger partial charge on any atom is -0.492 e. The highest BCUT2D eigenvalue weighted by atomic mass is 19.1. The van der Waals surface area contributed by atoms with Crippen LogP contribution in [0.25, 0.3) is 0 Å². The molecule has 1 unspecified atom stereocenters. The van der Waals surface area contributed by atoms with Crippen LogP contribution in [0.5, 0.6) is 5.75 Å². The molecular weight excluding hydrogens is 241 g/mol. The van der Waals surface area contributed by atoms with Gasteiger partial charge in [0.2, 0.25) is 0 Å². The third kappa shape index (κ3) is 3.85. The molecule has 0 aliphatic heterocycles. The molecule has 0 radical (unpaired) electrons. The zero-order valence-corrected chi connectivity index (χ0v) is 11.9. The highest BCUT2D eigenvalue weighted by molar-refractivity contribution is 5.57. The Hall–Kier alpha value is -1.25. The molecule has 1 N–H and O–H groups in total. The quantitative estimate of drug-likeness (QED) is 0.839. The van der Waals surface area contributed by atoms with Gasteiger partial charge in [-0.05, 0) is 44.7 Å². The van der Waals surface area contributed by atoms with Crippen molar-refractivity contribution in [2.75, 3.05) is 11.9 Å². The van der Waals surface area contributed by atoms with E-state index >= 15 is 0 Å².